The van der Waals surface area contributed by atoms with Crippen LogP contribution >= 0.6 is 0 Å². The number of hydrogen-bond acceptors (Lipinski definition) is 5. The number of anilines is 2. The first kappa shape index (κ1) is 18.9. The summed E-state index contributed by atoms with van der Waals surface area (Å²) in [5.74, 6) is 1.28. The number of carbonyl (C=O) groups is 1. The minimum absolute atomic E-state index is 0.0342. The van der Waals surface area contributed by atoms with Gasteiger partial charge in [-0.25, -0.2) is 9.97 Å². The molecule has 2 heterocycles. The second-order valence-electron chi connectivity index (χ2n) is 7.95. The third kappa shape index (κ3) is 4.17. The van der Waals surface area contributed by atoms with Crippen molar-refractivity contribution < 1.29 is 9.53 Å². The lowest BCUT2D eigenvalue weighted by Gasteiger charge is -2.28. The van der Waals surface area contributed by atoms with Crippen molar-refractivity contribution in [2.24, 2.45) is 5.92 Å². The van der Waals surface area contributed by atoms with Gasteiger partial charge >= 0.3 is 0 Å². The number of fused-ring (bicyclic) bond motifs is 1. The lowest BCUT2D eigenvalue weighted by molar-refractivity contribution is -0.120. The van der Waals surface area contributed by atoms with Gasteiger partial charge in [-0.15, -0.1) is 0 Å². The fourth-order valence-electron chi connectivity index (χ4n) is 3.86. The zero-order valence-corrected chi connectivity index (χ0v) is 16.6. The maximum atomic E-state index is 12.8. The van der Waals surface area contributed by atoms with Crippen LogP contribution in [0.2, 0.25) is 0 Å². The average Bonchev–Trinajstić information content (AvgIpc) is 2.73. The number of carbonyl (C=O) groups excluding carboxylic acids is 1. The van der Waals surface area contributed by atoms with Gasteiger partial charge in [0, 0.05) is 36.6 Å². The molecule has 0 radical (unpaired) electrons. The first-order chi connectivity index (χ1) is 13.6. The van der Waals surface area contributed by atoms with Gasteiger partial charge in [-0.05, 0) is 48.4 Å². The van der Waals surface area contributed by atoms with E-state index in [2.05, 4.69) is 41.2 Å². The second kappa shape index (κ2) is 8.27. The van der Waals surface area contributed by atoms with E-state index >= 15 is 0 Å². The number of benzene rings is 1. The molecule has 28 heavy (non-hydrogen) atoms. The Morgan fingerprint density at radius 3 is 2.89 bits per heavy atom. The van der Waals surface area contributed by atoms with Crippen LogP contribution in [0.4, 0.5) is 11.6 Å². The van der Waals surface area contributed by atoms with E-state index in [0.717, 1.165) is 62.0 Å². The highest BCUT2D eigenvalue weighted by atomic mass is 16.5. The topological polar surface area (TPSA) is 67.4 Å². The van der Waals surface area contributed by atoms with Crippen molar-refractivity contribution in [2.75, 3.05) is 36.5 Å². The van der Waals surface area contributed by atoms with Gasteiger partial charge in [-0.2, -0.15) is 0 Å². The van der Waals surface area contributed by atoms with Crippen molar-refractivity contribution in [3.8, 4) is 0 Å². The highest BCUT2D eigenvalue weighted by Gasteiger charge is 2.27. The van der Waals surface area contributed by atoms with Crippen LogP contribution in [0.25, 0.3) is 0 Å². The molecule has 1 N–H and O–H groups in total. The summed E-state index contributed by atoms with van der Waals surface area (Å²) >= 11 is 0. The van der Waals surface area contributed by atoms with Crippen molar-refractivity contribution in [1.29, 1.82) is 0 Å². The average molecular weight is 380 g/mol. The van der Waals surface area contributed by atoms with Crippen molar-refractivity contribution in [1.82, 2.24) is 9.97 Å². The number of rotatable bonds is 4. The van der Waals surface area contributed by atoms with Crippen molar-refractivity contribution in [3.63, 3.8) is 0 Å². The Hall–Kier alpha value is -2.47. The molecule has 1 aromatic heterocycles. The quantitative estimate of drug-likeness (QED) is 0.882. The second-order valence-corrected chi connectivity index (χ2v) is 7.95. The van der Waals surface area contributed by atoms with Gasteiger partial charge in [0.15, 0.2) is 0 Å². The van der Waals surface area contributed by atoms with Gasteiger partial charge in [-0.3, -0.25) is 4.79 Å². The molecule has 6 heteroatoms. The van der Waals surface area contributed by atoms with E-state index in [1.165, 1.54) is 5.56 Å². The molecule has 2 aromatic rings. The molecule has 4 rings (SSSR count). The van der Waals surface area contributed by atoms with Crippen LogP contribution in [-0.2, 0) is 22.4 Å². The van der Waals surface area contributed by atoms with Gasteiger partial charge in [-0.1, -0.05) is 26.0 Å². The van der Waals surface area contributed by atoms with Gasteiger partial charge in [0.2, 0.25) is 11.9 Å². The van der Waals surface area contributed by atoms with Gasteiger partial charge in [0.25, 0.3) is 0 Å². The standard InChI is InChI=1S/C22H28N4O2/c1-15(2)16-4-3-5-19(13-16)24-21(27)17-6-7-20-18(12-17)14-23-22(25-20)26-8-10-28-11-9-26/h3-5,13-15,17H,6-12H2,1-2H3,(H,24,27)/t17-/m0/s1. The maximum absolute atomic E-state index is 12.8. The van der Waals surface area contributed by atoms with Gasteiger partial charge in [0.05, 0.1) is 13.2 Å². The first-order valence-corrected chi connectivity index (χ1v) is 10.2. The molecule has 0 spiro atoms. The van der Waals surface area contributed by atoms with E-state index in [1.807, 2.05) is 18.3 Å². The van der Waals surface area contributed by atoms with Crippen LogP contribution in [0.3, 0.4) is 0 Å². The molecule has 1 aliphatic carbocycles. The van der Waals surface area contributed by atoms with Crippen LogP contribution in [0, 0.1) is 5.92 Å². The van der Waals surface area contributed by atoms with Crippen LogP contribution in [-0.4, -0.2) is 42.2 Å². The normalized spacial score (nSPS) is 19.4. The van der Waals surface area contributed by atoms with Gasteiger partial charge < -0.3 is 15.0 Å². The fraction of sp³-hybridized carbons (Fsp3) is 0.500. The Labute approximate surface area is 166 Å². The number of nitrogens with one attached hydrogen (secondary N) is 1. The Balaban J connectivity index is 1.42. The molecule has 0 bridgehead atoms. The van der Waals surface area contributed by atoms with E-state index in [-0.39, 0.29) is 11.8 Å². The van der Waals surface area contributed by atoms with E-state index in [9.17, 15) is 4.79 Å². The molecule has 1 aliphatic heterocycles. The molecule has 0 unspecified atom stereocenters. The highest BCUT2D eigenvalue weighted by molar-refractivity contribution is 5.93. The minimum Gasteiger partial charge on any atom is -0.378 e. The van der Waals surface area contributed by atoms with Crippen LogP contribution in [0.15, 0.2) is 30.5 Å². The molecular weight excluding hydrogens is 352 g/mol. The number of aromatic nitrogens is 2. The Kier molecular flexibility index (Phi) is 5.57. The SMILES string of the molecule is CC(C)c1cccc(NC(=O)[C@H]2CCc3nc(N4CCOCC4)ncc3C2)c1. The van der Waals surface area contributed by atoms with E-state index in [4.69, 9.17) is 9.72 Å². The van der Waals surface area contributed by atoms with E-state index < -0.39 is 0 Å². The molecule has 1 amide bonds. The fourth-order valence-corrected chi connectivity index (χ4v) is 3.86. The first-order valence-electron chi connectivity index (χ1n) is 10.2. The Bertz CT molecular complexity index is 846. The molecular formula is C22H28N4O2. The number of hydrogen-bond donors (Lipinski definition) is 1. The summed E-state index contributed by atoms with van der Waals surface area (Å²) in [6.07, 6.45) is 4.25. The number of morpholine rings is 1. The summed E-state index contributed by atoms with van der Waals surface area (Å²) in [4.78, 5) is 24.3. The van der Waals surface area contributed by atoms with Crippen molar-refractivity contribution >= 4 is 17.5 Å². The molecule has 2 aliphatic rings. The predicted molar refractivity (Wildman–Crippen MR) is 110 cm³/mol. The minimum atomic E-state index is -0.0342. The molecule has 1 saturated heterocycles. The lowest BCUT2D eigenvalue weighted by atomic mass is 9.86. The van der Waals surface area contributed by atoms with E-state index in [1.54, 1.807) is 0 Å². The summed E-state index contributed by atoms with van der Waals surface area (Å²) < 4.78 is 5.40. The largest absolute Gasteiger partial charge is 0.378 e. The lowest BCUT2D eigenvalue weighted by Crippen LogP contribution is -2.38. The predicted octanol–water partition coefficient (Wildman–Crippen LogP) is 3.18. The van der Waals surface area contributed by atoms with Crippen molar-refractivity contribution in [3.05, 3.63) is 47.3 Å². The van der Waals surface area contributed by atoms with Crippen LogP contribution < -0.4 is 10.2 Å². The van der Waals surface area contributed by atoms with E-state index in [0.29, 0.717) is 12.3 Å². The highest BCUT2D eigenvalue weighted by Crippen LogP contribution is 2.27. The zero-order valence-electron chi connectivity index (χ0n) is 16.6. The maximum Gasteiger partial charge on any atom is 0.227 e. The summed E-state index contributed by atoms with van der Waals surface area (Å²) in [5.41, 5.74) is 4.29. The van der Waals surface area contributed by atoms with Crippen molar-refractivity contribution in [2.45, 2.75) is 39.0 Å². The van der Waals surface area contributed by atoms with Crippen LogP contribution in [0.1, 0.15) is 43.0 Å². The molecule has 6 nitrogen and oxygen atoms in total. The molecule has 1 atom stereocenters. The molecule has 1 aromatic carbocycles. The summed E-state index contributed by atoms with van der Waals surface area (Å²) in [6, 6.07) is 8.12. The number of aryl methyl sites for hydroxylation is 1. The molecule has 1 fully saturated rings. The number of nitrogens with zero attached hydrogens (tertiary/aromatic N) is 3. The smallest absolute Gasteiger partial charge is 0.227 e. The monoisotopic (exact) mass is 380 g/mol. The Morgan fingerprint density at radius 1 is 1.29 bits per heavy atom. The molecule has 148 valence electrons. The van der Waals surface area contributed by atoms with Crippen LogP contribution in [0.5, 0.6) is 0 Å². The number of ether oxygens (including phenoxy) is 1. The van der Waals surface area contributed by atoms with Gasteiger partial charge in [0.1, 0.15) is 0 Å². The third-order valence-corrected chi connectivity index (χ3v) is 5.62. The summed E-state index contributed by atoms with van der Waals surface area (Å²) in [6.45, 7) is 7.42. The summed E-state index contributed by atoms with van der Waals surface area (Å²) in [5, 5.41) is 3.10. The third-order valence-electron chi connectivity index (χ3n) is 5.62. The zero-order chi connectivity index (χ0) is 19.5. The Morgan fingerprint density at radius 2 is 2.11 bits per heavy atom. The summed E-state index contributed by atoms with van der Waals surface area (Å²) in [7, 11) is 0. The number of amides is 1. The molecule has 0 saturated carbocycles.